The molecule has 38 heavy (non-hydrogen) atoms. The highest BCUT2D eigenvalue weighted by Gasteiger charge is 2.29. The average molecular weight is 507 g/mol. The molecule has 2 N–H and O–H groups in total. The summed E-state index contributed by atoms with van der Waals surface area (Å²) in [5.74, 6) is -0.436. The molecule has 0 spiro atoms. The molecular formula is C30H30N6O2. The van der Waals surface area contributed by atoms with Crippen LogP contribution in [0.5, 0.6) is 0 Å². The number of rotatable bonds is 7. The molecule has 1 aliphatic rings. The maximum absolute atomic E-state index is 11.2. The van der Waals surface area contributed by atoms with Gasteiger partial charge in [-0.3, -0.25) is 24.6 Å². The quantitative estimate of drug-likeness (QED) is 0.316. The molecule has 0 aliphatic carbocycles. The Labute approximate surface area is 221 Å². The van der Waals surface area contributed by atoms with Crippen LogP contribution in [-0.4, -0.2) is 55.1 Å². The summed E-state index contributed by atoms with van der Waals surface area (Å²) in [7, 11) is 2.06. The van der Waals surface area contributed by atoms with E-state index in [9.17, 15) is 9.90 Å². The molecule has 0 amide bonds. The lowest BCUT2D eigenvalue weighted by molar-refractivity contribution is -0.138. The Morgan fingerprint density at radius 2 is 1.92 bits per heavy atom. The van der Waals surface area contributed by atoms with Gasteiger partial charge < -0.3 is 15.0 Å². The van der Waals surface area contributed by atoms with Crippen molar-refractivity contribution in [2.75, 3.05) is 25.0 Å². The number of carbonyl (C=O) groups is 1. The highest BCUT2D eigenvalue weighted by Crippen LogP contribution is 2.37. The number of pyridine rings is 1. The summed E-state index contributed by atoms with van der Waals surface area (Å²) in [5, 5.41) is 14.2. The molecule has 1 unspecified atom stereocenters. The van der Waals surface area contributed by atoms with E-state index in [4.69, 9.17) is 0 Å². The van der Waals surface area contributed by atoms with Gasteiger partial charge in [0, 0.05) is 54.8 Å². The van der Waals surface area contributed by atoms with Crippen LogP contribution in [0.4, 0.5) is 5.69 Å². The summed E-state index contributed by atoms with van der Waals surface area (Å²) in [6.45, 7) is 1.62. The van der Waals surface area contributed by atoms with Gasteiger partial charge in [-0.2, -0.15) is 0 Å². The van der Waals surface area contributed by atoms with Crippen molar-refractivity contribution in [2.45, 2.75) is 18.9 Å². The van der Waals surface area contributed by atoms with Crippen molar-refractivity contribution in [3.63, 3.8) is 0 Å². The SMILES string of the molecule is Cn1ccc2ccc(-c3cc(NC(c4cccnc4)C4CCN(CC(=O)O)CC4)cc4nccnc34)cc21. The predicted molar refractivity (Wildman–Crippen MR) is 149 cm³/mol. The van der Waals surface area contributed by atoms with Gasteiger partial charge in [0.15, 0.2) is 0 Å². The second-order valence-electron chi connectivity index (χ2n) is 10.1. The lowest BCUT2D eigenvalue weighted by atomic mass is 9.85. The summed E-state index contributed by atoms with van der Waals surface area (Å²) >= 11 is 0. The number of aromatic nitrogens is 4. The summed E-state index contributed by atoms with van der Waals surface area (Å²) in [6.07, 6.45) is 11.1. The highest BCUT2D eigenvalue weighted by atomic mass is 16.4. The van der Waals surface area contributed by atoms with E-state index in [0.29, 0.717) is 5.92 Å². The molecule has 8 heteroatoms. The smallest absolute Gasteiger partial charge is 0.317 e. The van der Waals surface area contributed by atoms with Gasteiger partial charge >= 0.3 is 5.97 Å². The van der Waals surface area contributed by atoms with E-state index in [1.54, 1.807) is 18.6 Å². The van der Waals surface area contributed by atoms with E-state index in [-0.39, 0.29) is 12.6 Å². The van der Waals surface area contributed by atoms with Gasteiger partial charge in [0.05, 0.1) is 23.6 Å². The number of anilines is 1. The van der Waals surface area contributed by atoms with E-state index in [1.165, 1.54) is 10.9 Å². The van der Waals surface area contributed by atoms with E-state index >= 15 is 0 Å². The zero-order chi connectivity index (χ0) is 26.1. The molecular weight excluding hydrogens is 476 g/mol. The number of carboxylic acid groups (broad SMARTS) is 1. The number of carboxylic acids is 1. The zero-order valence-corrected chi connectivity index (χ0v) is 21.3. The number of likely N-dealkylation sites (tertiary alicyclic amines) is 1. The molecule has 3 aromatic heterocycles. The van der Waals surface area contributed by atoms with Crippen molar-refractivity contribution in [2.24, 2.45) is 13.0 Å². The summed E-state index contributed by atoms with van der Waals surface area (Å²) in [5.41, 5.74) is 7.08. The van der Waals surface area contributed by atoms with Crippen LogP contribution in [-0.2, 0) is 11.8 Å². The maximum Gasteiger partial charge on any atom is 0.317 e. The Hall–Kier alpha value is -4.30. The second kappa shape index (κ2) is 10.2. The van der Waals surface area contributed by atoms with Crippen molar-refractivity contribution < 1.29 is 9.90 Å². The molecule has 2 aromatic carbocycles. The lowest BCUT2D eigenvalue weighted by Crippen LogP contribution is -2.39. The van der Waals surface area contributed by atoms with Crippen LogP contribution in [0.3, 0.4) is 0 Å². The van der Waals surface area contributed by atoms with Crippen LogP contribution < -0.4 is 5.32 Å². The van der Waals surface area contributed by atoms with Gasteiger partial charge in [0.25, 0.3) is 0 Å². The lowest BCUT2D eigenvalue weighted by Gasteiger charge is -2.36. The first-order valence-corrected chi connectivity index (χ1v) is 13.0. The van der Waals surface area contributed by atoms with Gasteiger partial charge in [0.1, 0.15) is 0 Å². The normalized spacial score (nSPS) is 15.6. The first kappa shape index (κ1) is 24.1. The Morgan fingerprint density at radius 3 is 2.71 bits per heavy atom. The number of aliphatic carboxylic acids is 1. The number of benzene rings is 2. The molecule has 1 fully saturated rings. The first-order chi connectivity index (χ1) is 18.5. The topological polar surface area (TPSA) is 96.2 Å². The molecule has 1 saturated heterocycles. The molecule has 0 saturated carbocycles. The van der Waals surface area contributed by atoms with E-state index in [0.717, 1.165) is 59.3 Å². The number of aryl methyl sites for hydroxylation is 1. The van der Waals surface area contributed by atoms with Crippen molar-refractivity contribution in [1.29, 1.82) is 0 Å². The van der Waals surface area contributed by atoms with Crippen LogP contribution in [0.1, 0.15) is 24.4 Å². The van der Waals surface area contributed by atoms with Crippen molar-refractivity contribution in [3.8, 4) is 11.1 Å². The molecule has 192 valence electrons. The van der Waals surface area contributed by atoms with Crippen LogP contribution >= 0.6 is 0 Å². The van der Waals surface area contributed by atoms with Gasteiger partial charge in [-0.15, -0.1) is 0 Å². The second-order valence-corrected chi connectivity index (χ2v) is 10.1. The van der Waals surface area contributed by atoms with Crippen LogP contribution in [0.15, 0.2) is 79.5 Å². The average Bonchev–Trinajstić information content (AvgIpc) is 3.32. The molecule has 1 aliphatic heterocycles. The number of piperidine rings is 1. The zero-order valence-electron chi connectivity index (χ0n) is 21.3. The number of fused-ring (bicyclic) bond motifs is 2. The summed E-state index contributed by atoms with van der Waals surface area (Å²) in [6, 6.07) is 17.0. The minimum atomic E-state index is -0.774. The van der Waals surface area contributed by atoms with E-state index < -0.39 is 5.97 Å². The minimum Gasteiger partial charge on any atom is -0.480 e. The molecule has 1 atom stereocenters. The Morgan fingerprint density at radius 1 is 1.08 bits per heavy atom. The summed E-state index contributed by atoms with van der Waals surface area (Å²) in [4.78, 5) is 26.9. The fourth-order valence-corrected chi connectivity index (χ4v) is 5.66. The third-order valence-corrected chi connectivity index (χ3v) is 7.60. The molecule has 4 heterocycles. The molecule has 0 bridgehead atoms. The van der Waals surface area contributed by atoms with E-state index in [2.05, 4.69) is 80.5 Å². The first-order valence-electron chi connectivity index (χ1n) is 13.0. The minimum absolute atomic E-state index is 0.0352. The number of hydrogen-bond acceptors (Lipinski definition) is 6. The molecule has 0 radical (unpaired) electrons. The standard InChI is InChI=1S/C30H30N6O2/c1-35-12-6-20-4-5-22(15-27(20)35)25-16-24(17-26-30(25)33-11-10-32-26)34-29(23-3-2-9-31-18-23)21-7-13-36(14-8-21)19-28(37)38/h2-6,9-12,15-18,21,29,34H,7-8,13-14,19H2,1H3,(H,37,38). The number of hydrogen-bond donors (Lipinski definition) is 2. The fraction of sp³-hybridized carbons (Fsp3) is 0.267. The van der Waals surface area contributed by atoms with Crippen LogP contribution in [0, 0.1) is 5.92 Å². The third-order valence-electron chi connectivity index (χ3n) is 7.60. The molecule has 8 nitrogen and oxygen atoms in total. The highest BCUT2D eigenvalue weighted by molar-refractivity contribution is 5.97. The van der Waals surface area contributed by atoms with Crippen LogP contribution in [0.2, 0.25) is 0 Å². The van der Waals surface area contributed by atoms with Gasteiger partial charge in [-0.1, -0.05) is 18.2 Å². The molecule has 6 rings (SSSR count). The molecule has 5 aromatic rings. The largest absolute Gasteiger partial charge is 0.480 e. The maximum atomic E-state index is 11.2. The third kappa shape index (κ3) is 4.82. The van der Waals surface area contributed by atoms with Gasteiger partial charge in [-0.25, -0.2) is 0 Å². The van der Waals surface area contributed by atoms with E-state index in [1.807, 2.05) is 17.2 Å². The predicted octanol–water partition coefficient (Wildman–Crippen LogP) is 5.13. The van der Waals surface area contributed by atoms with Gasteiger partial charge in [0.2, 0.25) is 0 Å². The number of nitrogens with one attached hydrogen (secondary N) is 1. The van der Waals surface area contributed by atoms with Crippen molar-refractivity contribution >= 4 is 33.6 Å². The summed E-state index contributed by atoms with van der Waals surface area (Å²) < 4.78 is 2.13. The van der Waals surface area contributed by atoms with Crippen molar-refractivity contribution in [3.05, 3.63) is 85.1 Å². The van der Waals surface area contributed by atoms with Gasteiger partial charge in [-0.05, 0) is 78.7 Å². The Balaban J connectivity index is 1.37. The number of nitrogens with zero attached hydrogens (tertiary/aromatic N) is 5. The Bertz CT molecular complexity index is 1590. The monoisotopic (exact) mass is 506 g/mol. The van der Waals surface area contributed by atoms with Crippen LogP contribution in [0.25, 0.3) is 33.1 Å². The van der Waals surface area contributed by atoms with Crippen molar-refractivity contribution in [1.82, 2.24) is 24.4 Å². The Kier molecular flexibility index (Phi) is 6.47. The fourth-order valence-electron chi connectivity index (χ4n) is 5.66.